The van der Waals surface area contributed by atoms with Crippen molar-refractivity contribution < 1.29 is 19.4 Å². The first-order valence-corrected chi connectivity index (χ1v) is 6.44. The van der Waals surface area contributed by atoms with E-state index in [9.17, 15) is 4.79 Å². The summed E-state index contributed by atoms with van der Waals surface area (Å²) in [6.45, 7) is 0.113. The molecule has 0 aliphatic rings. The highest BCUT2D eigenvalue weighted by molar-refractivity contribution is 5.89. The van der Waals surface area contributed by atoms with Crippen molar-refractivity contribution >= 4 is 5.97 Å². The molecule has 0 aliphatic heterocycles. The quantitative estimate of drug-likeness (QED) is 0.798. The fourth-order valence-corrected chi connectivity index (χ4v) is 2.03. The number of nitrogens with two attached hydrogens (primary N) is 1. The van der Waals surface area contributed by atoms with Crippen LogP contribution >= 0.6 is 0 Å². The van der Waals surface area contributed by atoms with Gasteiger partial charge in [-0.1, -0.05) is 36.4 Å². The zero-order valence-electron chi connectivity index (χ0n) is 11.7. The van der Waals surface area contributed by atoms with Crippen molar-refractivity contribution in [2.45, 2.75) is 12.8 Å². The molecular formula is C16H17NO4. The maximum absolute atomic E-state index is 11.1. The summed E-state index contributed by atoms with van der Waals surface area (Å²) in [5.41, 5.74) is 7.50. The summed E-state index contributed by atoms with van der Waals surface area (Å²) in [6.07, 6.45) is -0.692. The first-order chi connectivity index (χ1) is 10.1. The molecule has 0 amide bonds. The lowest BCUT2D eigenvalue weighted by molar-refractivity contribution is 0.0411. The first-order valence-electron chi connectivity index (χ1n) is 6.44. The van der Waals surface area contributed by atoms with Crippen molar-refractivity contribution in [3.8, 4) is 5.75 Å². The number of para-hydroxylation sites is 1. The number of carboxylic acids is 1. The molecule has 5 nitrogen and oxygen atoms in total. The molecule has 0 fully saturated rings. The normalized spacial score (nSPS) is 11.9. The third-order valence-corrected chi connectivity index (χ3v) is 3.11. The topological polar surface area (TPSA) is 81.8 Å². The van der Waals surface area contributed by atoms with Gasteiger partial charge in [0.1, 0.15) is 12.0 Å². The zero-order chi connectivity index (χ0) is 15.2. The molecule has 0 aromatic heterocycles. The van der Waals surface area contributed by atoms with Gasteiger partial charge in [0, 0.05) is 5.56 Å². The third-order valence-electron chi connectivity index (χ3n) is 3.11. The van der Waals surface area contributed by atoms with E-state index in [1.807, 2.05) is 18.2 Å². The minimum Gasteiger partial charge on any atom is -0.496 e. The van der Waals surface area contributed by atoms with Crippen LogP contribution in [0, 0.1) is 0 Å². The van der Waals surface area contributed by atoms with Crippen LogP contribution in [0.15, 0.2) is 48.5 Å². The summed E-state index contributed by atoms with van der Waals surface area (Å²) in [6, 6.07) is 14.0. The summed E-state index contributed by atoms with van der Waals surface area (Å²) in [5.74, 6) is -0.350. The number of ether oxygens (including phenoxy) is 2. The number of aromatic carboxylic acids is 1. The van der Waals surface area contributed by atoms with E-state index in [1.54, 1.807) is 31.4 Å². The Labute approximate surface area is 122 Å². The number of carboxylic acid groups (broad SMARTS) is 1. The molecule has 0 saturated heterocycles. The number of hydrogen-bond acceptors (Lipinski definition) is 4. The standard InChI is InChI=1S/C16H17NO4/c1-20-14-9-5-4-8-13(14)15(17)21-10-11-6-2-3-7-12(11)16(18)19/h2-9,15H,10,17H2,1H3,(H,18,19). The highest BCUT2D eigenvalue weighted by Crippen LogP contribution is 2.25. The lowest BCUT2D eigenvalue weighted by Gasteiger charge is -2.17. The van der Waals surface area contributed by atoms with Crippen LogP contribution in [0.25, 0.3) is 0 Å². The Balaban J connectivity index is 2.11. The van der Waals surface area contributed by atoms with E-state index in [-0.39, 0.29) is 12.2 Å². The van der Waals surface area contributed by atoms with E-state index in [4.69, 9.17) is 20.3 Å². The second-order valence-corrected chi connectivity index (χ2v) is 4.44. The van der Waals surface area contributed by atoms with Crippen molar-refractivity contribution in [2.75, 3.05) is 7.11 Å². The SMILES string of the molecule is COc1ccccc1C(N)OCc1ccccc1C(=O)O. The molecule has 5 heteroatoms. The maximum Gasteiger partial charge on any atom is 0.336 e. The maximum atomic E-state index is 11.1. The molecule has 110 valence electrons. The summed E-state index contributed by atoms with van der Waals surface area (Å²) >= 11 is 0. The van der Waals surface area contributed by atoms with E-state index in [0.717, 1.165) is 0 Å². The summed E-state index contributed by atoms with van der Waals surface area (Å²) in [5, 5.41) is 9.12. The highest BCUT2D eigenvalue weighted by Gasteiger charge is 2.14. The van der Waals surface area contributed by atoms with Crippen LogP contribution in [0.4, 0.5) is 0 Å². The van der Waals surface area contributed by atoms with Gasteiger partial charge in [0.05, 0.1) is 19.3 Å². The Morgan fingerprint density at radius 3 is 2.57 bits per heavy atom. The van der Waals surface area contributed by atoms with Crippen LogP contribution in [0.1, 0.15) is 27.7 Å². The van der Waals surface area contributed by atoms with E-state index in [0.29, 0.717) is 16.9 Å². The number of carbonyl (C=O) groups is 1. The molecular weight excluding hydrogens is 270 g/mol. The van der Waals surface area contributed by atoms with Gasteiger partial charge in [0.15, 0.2) is 0 Å². The van der Waals surface area contributed by atoms with Crippen molar-refractivity contribution in [1.29, 1.82) is 0 Å². The van der Waals surface area contributed by atoms with E-state index in [1.165, 1.54) is 6.07 Å². The van der Waals surface area contributed by atoms with Crippen LogP contribution in [-0.2, 0) is 11.3 Å². The molecule has 2 aromatic carbocycles. The summed E-state index contributed by atoms with van der Waals surface area (Å²) < 4.78 is 10.8. The molecule has 0 heterocycles. The van der Waals surface area contributed by atoms with E-state index < -0.39 is 12.2 Å². The molecule has 0 saturated carbocycles. The molecule has 1 unspecified atom stereocenters. The summed E-state index contributed by atoms with van der Waals surface area (Å²) in [7, 11) is 1.56. The molecule has 2 aromatic rings. The largest absolute Gasteiger partial charge is 0.496 e. The lowest BCUT2D eigenvalue weighted by Crippen LogP contribution is -2.16. The Kier molecular flexibility index (Phi) is 4.92. The Bertz CT molecular complexity index is 627. The number of rotatable bonds is 6. The highest BCUT2D eigenvalue weighted by atomic mass is 16.5. The van der Waals surface area contributed by atoms with Crippen LogP contribution in [0.2, 0.25) is 0 Å². The third kappa shape index (κ3) is 3.59. The summed E-state index contributed by atoms with van der Waals surface area (Å²) in [4.78, 5) is 11.1. The van der Waals surface area contributed by atoms with Crippen LogP contribution in [0.3, 0.4) is 0 Å². The van der Waals surface area contributed by atoms with Gasteiger partial charge < -0.3 is 20.3 Å². The van der Waals surface area contributed by atoms with Gasteiger partial charge in [-0.15, -0.1) is 0 Å². The lowest BCUT2D eigenvalue weighted by atomic mass is 10.1. The average Bonchev–Trinajstić information content (AvgIpc) is 2.52. The number of hydrogen-bond donors (Lipinski definition) is 2. The molecule has 1 atom stereocenters. The van der Waals surface area contributed by atoms with Crippen LogP contribution in [-0.4, -0.2) is 18.2 Å². The van der Waals surface area contributed by atoms with Gasteiger partial charge in [-0.2, -0.15) is 0 Å². The zero-order valence-corrected chi connectivity index (χ0v) is 11.7. The molecule has 0 aliphatic carbocycles. The molecule has 0 spiro atoms. The minimum atomic E-state index is -0.986. The smallest absolute Gasteiger partial charge is 0.336 e. The first kappa shape index (κ1) is 15.0. The number of methoxy groups -OCH3 is 1. The molecule has 0 bridgehead atoms. The predicted octanol–water partition coefficient (Wildman–Crippen LogP) is 2.57. The van der Waals surface area contributed by atoms with E-state index >= 15 is 0 Å². The Morgan fingerprint density at radius 2 is 1.86 bits per heavy atom. The fraction of sp³-hybridized carbons (Fsp3) is 0.188. The second-order valence-electron chi connectivity index (χ2n) is 4.44. The van der Waals surface area contributed by atoms with Crippen molar-refractivity contribution in [1.82, 2.24) is 0 Å². The Morgan fingerprint density at radius 1 is 1.19 bits per heavy atom. The molecule has 2 rings (SSSR count). The van der Waals surface area contributed by atoms with E-state index in [2.05, 4.69) is 0 Å². The van der Waals surface area contributed by atoms with Gasteiger partial charge in [0.25, 0.3) is 0 Å². The molecule has 0 radical (unpaired) electrons. The van der Waals surface area contributed by atoms with Crippen molar-refractivity contribution in [2.24, 2.45) is 5.73 Å². The van der Waals surface area contributed by atoms with Gasteiger partial charge in [-0.25, -0.2) is 4.79 Å². The van der Waals surface area contributed by atoms with Crippen LogP contribution < -0.4 is 10.5 Å². The number of benzene rings is 2. The van der Waals surface area contributed by atoms with Gasteiger partial charge in [-0.3, -0.25) is 0 Å². The average molecular weight is 287 g/mol. The van der Waals surface area contributed by atoms with Gasteiger partial charge in [-0.05, 0) is 17.7 Å². The molecule has 21 heavy (non-hydrogen) atoms. The predicted molar refractivity (Wildman–Crippen MR) is 78.1 cm³/mol. The second kappa shape index (κ2) is 6.88. The van der Waals surface area contributed by atoms with Crippen molar-refractivity contribution in [3.05, 3.63) is 65.2 Å². The Hall–Kier alpha value is -2.37. The van der Waals surface area contributed by atoms with Crippen LogP contribution in [0.5, 0.6) is 5.75 Å². The minimum absolute atomic E-state index is 0.113. The molecule has 3 N–H and O–H groups in total. The van der Waals surface area contributed by atoms with Gasteiger partial charge in [0.2, 0.25) is 0 Å². The fourth-order valence-electron chi connectivity index (χ4n) is 2.03. The van der Waals surface area contributed by atoms with Crippen molar-refractivity contribution in [3.63, 3.8) is 0 Å². The van der Waals surface area contributed by atoms with Gasteiger partial charge >= 0.3 is 5.97 Å². The monoisotopic (exact) mass is 287 g/mol.